The van der Waals surface area contributed by atoms with E-state index in [2.05, 4.69) is 5.32 Å². The van der Waals surface area contributed by atoms with E-state index >= 15 is 0 Å². The molecule has 1 N–H and O–H groups in total. The first-order valence-electron chi connectivity index (χ1n) is 5.96. The Morgan fingerprint density at radius 3 is 2.38 bits per heavy atom. The first-order chi connectivity index (χ1) is 7.58. The topological polar surface area (TPSA) is 21.3 Å². The van der Waals surface area contributed by atoms with Gasteiger partial charge in [-0.15, -0.1) is 0 Å². The summed E-state index contributed by atoms with van der Waals surface area (Å²) in [6.45, 7) is 0.797. The van der Waals surface area contributed by atoms with Crippen molar-refractivity contribution in [3.63, 3.8) is 0 Å². The van der Waals surface area contributed by atoms with Crippen molar-refractivity contribution in [3.05, 3.63) is 0 Å². The van der Waals surface area contributed by atoms with Gasteiger partial charge >= 0.3 is 6.18 Å². The van der Waals surface area contributed by atoms with Gasteiger partial charge in [0, 0.05) is 12.6 Å². The highest BCUT2D eigenvalue weighted by Gasteiger charge is 2.26. The molecule has 0 heterocycles. The molecular formula is C11H20F3NO. The third-order valence-corrected chi connectivity index (χ3v) is 2.81. The molecule has 0 unspecified atom stereocenters. The molecule has 0 radical (unpaired) electrons. The van der Waals surface area contributed by atoms with Crippen molar-refractivity contribution in [2.24, 2.45) is 0 Å². The van der Waals surface area contributed by atoms with Crippen molar-refractivity contribution in [3.8, 4) is 0 Å². The highest BCUT2D eigenvalue weighted by Crippen LogP contribution is 2.19. The number of hydrogen-bond donors (Lipinski definition) is 1. The minimum Gasteiger partial charge on any atom is -0.380 e. The lowest BCUT2D eigenvalue weighted by Gasteiger charge is -2.22. The predicted octanol–water partition coefficient (Wildman–Crippen LogP) is 2.88. The summed E-state index contributed by atoms with van der Waals surface area (Å²) < 4.78 is 40.2. The fraction of sp³-hybridized carbons (Fsp3) is 1.00. The standard InChI is InChI=1S/C11H20F3NO/c12-11(13,14)6-8-16-9-7-15-10-4-2-1-3-5-10/h10,15H,1-9H2. The zero-order chi connectivity index (χ0) is 11.9. The van der Waals surface area contributed by atoms with Crippen molar-refractivity contribution < 1.29 is 17.9 Å². The highest BCUT2D eigenvalue weighted by molar-refractivity contribution is 4.71. The molecule has 0 atom stereocenters. The SMILES string of the molecule is FC(F)(F)CCOCCNC1CCCCC1. The molecule has 0 saturated heterocycles. The van der Waals surface area contributed by atoms with Crippen LogP contribution < -0.4 is 5.32 Å². The summed E-state index contributed by atoms with van der Waals surface area (Å²) in [7, 11) is 0. The normalized spacial score (nSPS) is 18.9. The van der Waals surface area contributed by atoms with Crippen molar-refractivity contribution in [1.29, 1.82) is 0 Å². The van der Waals surface area contributed by atoms with Gasteiger partial charge in [-0.25, -0.2) is 0 Å². The van der Waals surface area contributed by atoms with Crippen molar-refractivity contribution in [2.75, 3.05) is 19.8 Å². The lowest BCUT2D eigenvalue weighted by molar-refractivity contribution is -0.145. The van der Waals surface area contributed by atoms with E-state index in [-0.39, 0.29) is 6.61 Å². The van der Waals surface area contributed by atoms with Gasteiger partial charge in [-0.3, -0.25) is 0 Å². The number of rotatable bonds is 6. The molecule has 5 heteroatoms. The van der Waals surface area contributed by atoms with Crippen LogP contribution in [0, 0.1) is 0 Å². The molecule has 0 spiro atoms. The lowest BCUT2D eigenvalue weighted by Crippen LogP contribution is -2.33. The number of alkyl halides is 3. The average molecular weight is 239 g/mol. The minimum absolute atomic E-state index is 0.226. The van der Waals surface area contributed by atoms with Gasteiger partial charge in [0.2, 0.25) is 0 Å². The second-order valence-electron chi connectivity index (χ2n) is 4.27. The summed E-state index contributed by atoms with van der Waals surface area (Å²) >= 11 is 0. The molecule has 1 aliphatic carbocycles. The second kappa shape index (κ2) is 7.12. The van der Waals surface area contributed by atoms with Gasteiger partial charge < -0.3 is 10.1 Å². The Balaban J connectivity index is 1.87. The van der Waals surface area contributed by atoms with Gasteiger partial charge in [0.15, 0.2) is 0 Å². The van der Waals surface area contributed by atoms with E-state index in [0.717, 1.165) is 0 Å². The van der Waals surface area contributed by atoms with Gasteiger partial charge in [-0.05, 0) is 12.8 Å². The molecule has 1 rings (SSSR count). The highest BCUT2D eigenvalue weighted by atomic mass is 19.4. The fourth-order valence-electron chi connectivity index (χ4n) is 1.93. The minimum atomic E-state index is -4.10. The van der Waals surface area contributed by atoms with Crippen LogP contribution in [0.25, 0.3) is 0 Å². The number of ether oxygens (including phenoxy) is 1. The van der Waals surface area contributed by atoms with Crippen LogP contribution in [0.15, 0.2) is 0 Å². The maximum atomic E-state index is 11.8. The zero-order valence-corrected chi connectivity index (χ0v) is 9.48. The second-order valence-corrected chi connectivity index (χ2v) is 4.27. The summed E-state index contributed by atoms with van der Waals surface area (Å²) in [6.07, 6.45) is 1.23. The Bertz CT molecular complexity index is 179. The number of halogens is 3. The Morgan fingerprint density at radius 1 is 1.06 bits per heavy atom. The van der Waals surface area contributed by atoms with Gasteiger partial charge in [0.25, 0.3) is 0 Å². The lowest BCUT2D eigenvalue weighted by atomic mass is 9.96. The number of nitrogens with one attached hydrogen (secondary N) is 1. The van der Waals surface area contributed by atoms with Crippen LogP contribution in [-0.2, 0) is 4.74 Å². The van der Waals surface area contributed by atoms with E-state index in [1.807, 2.05) is 0 Å². The summed E-state index contributed by atoms with van der Waals surface area (Å²) in [5, 5.41) is 3.31. The van der Waals surface area contributed by atoms with E-state index in [9.17, 15) is 13.2 Å². The smallest absolute Gasteiger partial charge is 0.380 e. The summed E-state index contributed by atoms with van der Waals surface area (Å²) in [5.41, 5.74) is 0. The molecule has 0 aliphatic heterocycles. The molecule has 1 aliphatic rings. The van der Waals surface area contributed by atoms with E-state index in [0.29, 0.717) is 19.2 Å². The van der Waals surface area contributed by atoms with E-state index in [1.54, 1.807) is 0 Å². The maximum Gasteiger partial charge on any atom is 0.391 e. The Morgan fingerprint density at radius 2 is 1.75 bits per heavy atom. The zero-order valence-electron chi connectivity index (χ0n) is 9.48. The van der Waals surface area contributed by atoms with Crippen LogP contribution in [0.1, 0.15) is 38.5 Å². The molecule has 1 fully saturated rings. The predicted molar refractivity (Wildman–Crippen MR) is 56.4 cm³/mol. The monoisotopic (exact) mass is 239 g/mol. The van der Waals surface area contributed by atoms with Crippen LogP contribution in [0.2, 0.25) is 0 Å². The van der Waals surface area contributed by atoms with Crippen molar-refractivity contribution in [1.82, 2.24) is 5.32 Å². The molecule has 0 amide bonds. The van der Waals surface area contributed by atoms with Gasteiger partial charge in [-0.1, -0.05) is 19.3 Å². The van der Waals surface area contributed by atoms with Crippen molar-refractivity contribution >= 4 is 0 Å². The molecule has 0 aromatic heterocycles. The van der Waals surface area contributed by atoms with Crippen LogP contribution in [0.5, 0.6) is 0 Å². The molecular weight excluding hydrogens is 219 g/mol. The van der Waals surface area contributed by atoms with Crippen LogP contribution in [-0.4, -0.2) is 32.0 Å². The molecule has 1 saturated carbocycles. The third-order valence-electron chi connectivity index (χ3n) is 2.81. The average Bonchev–Trinajstić information content (AvgIpc) is 2.23. The van der Waals surface area contributed by atoms with E-state index in [4.69, 9.17) is 4.74 Å². The van der Waals surface area contributed by atoms with E-state index < -0.39 is 12.6 Å². The first-order valence-corrected chi connectivity index (χ1v) is 5.96. The molecule has 96 valence electrons. The Kier molecular flexibility index (Phi) is 6.13. The van der Waals surface area contributed by atoms with Crippen LogP contribution in [0.3, 0.4) is 0 Å². The third kappa shape index (κ3) is 7.06. The fourth-order valence-corrected chi connectivity index (χ4v) is 1.93. The van der Waals surface area contributed by atoms with Crippen molar-refractivity contribution in [2.45, 2.75) is 50.7 Å². The van der Waals surface area contributed by atoms with Crippen LogP contribution in [0.4, 0.5) is 13.2 Å². The summed E-state index contributed by atoms with van der Waals surface area (Å²) in [5.74, 6) is 0. The number of hydrogen-bond acceptors (Lipinski definition) is 2. The van der Waals surface area contributed by atoms with Gasteiger partial charge in [-0.2, -0.15) is 13.2 Å². The first kappa shape index (κ1) is 13.8. The maximum absolute atomic E-state index is 11.8. The molecule has 0 aromatic rings. The Labute approximate surface area is 94.5 Å². The molecule has 2 nitrogen and oxygen atoms in total. The largest absolute Gasteiger partial charge is 0.391 e. The molecule has 0 aromatic carbocycles. The summed E-state index contributed by atoms with van der Waals surface area (Å²) in [4.78, 5) is 0. The quantitative estimate of drug-likeness (QED) is 0.720. The van der Waals surface area contributed by atoms with Gasteiger partial charge in [0.1, 0.15) is 0 Å². The van der Waals surface area contributed by atoms with Crippen LogP contribution >= 0.6 is 0 Å². The molecule has 16 heavy (non-hydrogen) atoms. The van der Waals surface area contributed by atoms with E-state index in [1.165, 1.54) is 32.1 Å². The Hall–Kier alpha value is -0.290. The molecule has 0 bridgehead atoms. The summed E-state index contributed by atoms with van der Waals surface area (Å²) in [6, 6.07) is 0.542. The van der Waals surface area contributed by atoms with Gasteiger partial charge in [0.05, 0.1) is 19.6 Å².